The largest absolute Gasteiger partial charge is 0.330 e. The molecule has 5 aromatic rings. The summed E-state index contributed by atoms with van der Waals surface area (Å²) in [5.74, 6) is -0.0672. The predicted molar refractivity (Wildman–Crippen MR) is 122 cm³/mol. The van der Waals surface area contributed by atoms with E-state index in [-0.39, 0.29) is 5.91 Å². The van der Waals surface area contributed by atoms with Crippen molar-refractivity contribution >= 4 is 22.5 Å². The highest BCUT2D eigenvalue weighted by Gasteiger charge is 2.20. The maximum absolute atomic E-state index is 13.4. The van der Waals surface area contributed by atoms with E-state index in [9.17, 15) is 4.79 Å². The maximum Gasteiger partial charge on any atom is 0.254 e. The number of pyridine rings is 2. The number of aryl methyl sites for hydroxylation is 2. The van der Waals surface area contributed by atoms with Crippen LogP contribution in [-0.2, 0) is 13.1 Å². The molecule has 0 bridgehead atoms. The molecule has 3 aromatic heterocycles. The molecule has 5 rings (SSSR count). The van der Waals surface area contributed by atoms with Crippen molar-refractivity contribution in [1.82, 2.24) is 29.9 Å². The first-order valence-electron chi connectivity index (χ1n) is 10.4. The summed E-state index contributed by atoms with van der Waals surface area (Å²) < 4.78 is 1.77. The molecule has 7 nitrogen and oxygen atoms in total. The molecule has 0 fully saturated rings. The van der Waals surface area contributed by atoms with Crippen molar-refractivity contribution in [2.24, 2.45) is 0 Å². The average Bonchev–Trinajstić information content (AvgIpc) is 3.29. The Morgan fingerprint density at radius 2 is 1.75 bits per heavy atom. The Morgan fingerprint density at radius 3 is 2.53 bits per heavy atom. The van der Waals surface area contributed by atoms with Crippen molar-refractivity contribution in [3.05, 3.63) is 101 Å². The highest BCUT2D eigenvalue weighted by Crippen LogP contribution is 2.25. The van der Waals surface area contributed by atoms with Crippen LogP contribution in [0.5, 0.6) is 0 Å². The molecule has 2 aromatic carbocycles. The molecule has 0 aliphatic heterocycles. The lowest BCUT2D eigenvalue weighted by atomic mass is 10.0. The van der Waals surface area contributed by atoms with Crippen LogP contribution in [0.4, 0.5) is 0 Å². The molecule has 0 aliphatic rings. The van der Waals surface area contributed by atoms with Gasteiger partial charge in [0.05, 0.1) is 12.1 Å². The van der Waals surface area contributed by atoms with E-state index >= 15 is 0 Å². The first-order valence-corrected chi connectivity index (χ1v) is 10.4. The zero-order valence-corrected chi connectivity index (χ0v) is 17.9. The fourth-order valence-electron chi connectivity index (χ4n) is 4.18. The number of hydrogen-bond acceptors (Lipinski definition) is 5. The molecule has 0 spiro atoms. The number of benzene rings is 2. The normalized spacial score (nSPS) is 11.2. The van der Waals surface area contributed by atoms with Gasteiger partial charge in [-0.1, -0.05) is 42.0 Å². The van der Waals surface area contributed by atoms with Gasteiger partial charge in [-0.25, -0.2) is 0 Å². The first-order chi connectivity index (χ1) is 15.6. The molecule has 158 valence electrons. The van der Waals surface area contributed by atoms with Crippen molar-refractivity contribution < 1.29 is 4.79 Å². The van der Waals surface area contributed by atoms with Gasteiger partial charge in [0, 0.05) is 35.5 Å². The van der Waals surface area contributed by atoms with Crippen molar-refractivity contribution in [2.45, 2.75) is 26.9 Å². The van der Waals surface area contributed by atoms with Gasteiger partial charge in [-0.05, 0) is 59.7 Å². The number of carbonyl (C=O) groups is 1. The number of aromatic nitrogens is 5. The van der Waals surface area contributed by atoms with Gasteiger partial charge in [0.1, 0.15) is 0 Å². The van der Waals surface area contributed by atoms with Gasteiger partial charge in [0.15, 0.2) is 5.65 Å². The summed E-state index contributed by atoms with van der Waals surface area (Å²) in [7, 11) is 0. The zero-order chi connectivity index (χ0) is 22.1. The molecular weight excluding hydrogens is 400 g/mol. The molecule has 32 heavy (non-hydrogen) atoms. The summed E-state index contributed by atoms with van der Waals surface area (Å²) in [5.41, 5.74) is 6.46. The molecule has 0 radical (unpaired) electrons. The third kappa shape index (κ3) is 3.69. The summed E-state index contributed by atoms with van der Waals surface area (Å²) in [6, 6.07) is 19.8. The maximum atomic E-state index is 13.4. The van der Waals surface area contributed by atoms with Gasteiger partial charge in [0.2, 0.25) is 0 Å². The summed E-state index contributed by atoms with van der Waals surface area (Å²) in [5, 5.41) is 13.5. The smallest absolute Gasteiger partial charge is 0.254 e. The van der Waals surface area contributed by atoms with E-state index in [0.717, 1.165) is 27.6 Å². The molecule has 0 atom stereocenters. The third-order valence-electron chi connectivity index (χ3n) is 5.56. The summed E-state index contributed by atoms with van der Waals surface area (Å²) in [6.45, 7) is 4.98. The van der Waals surface area contributed by atoms with Crippen LogP contribution in [0.1, 0.15) is 32.6 Å². The predicted octanol–water partition coefficient (Wildman–Crippen LogP) is 4.13. The second-order valence-electron chi connectivity index (χ2n) is 7.99. The van der Waals surface area contributed by atoms with E-state index in [4.69, 9.17) is 0 Å². The van der Waals surface area contributed by atoms with Crippen LogP contribution in [0.25, 0.3) is 16.6 Å². The Balaban J connectivity index is 1.61. The molecule has 0 saturated carbocycles. The number of tetrazole rings is 1. The fraction of sp³-hybridized carbons (Fsp3) is 0.160. The standard InChI is InChI=1S/C25H22N6O/c1-17-12-18(2)23-21(13-17)14-22(24-27-28-29-31(23)24)16-30(15-19-6-4-3-5-7-19)25(32)20-8-10-26-11-9-20/h3-14H,15-16H2,1-2H3. The molecule has 0 unspecified atom stereocenters. The lowest BCUT2D eigenvalue weighted by Crippen LogP contribution is -2.30. The van der Waals surface area contributed by atoms with E-state index < -0.39 is 0 Å². The van der Waals surface area contributed by atoms with Gasteiger partial charge in [-0.2, -0.15) is 4.52 Å². The van der Waals surface area contributed by atoms with E-state index in [2.05, 4.69) is 52.6 Å². The molecular formula is C25H22N6O. The number of rotatable bonds is 5. The van der Waals surface area contributed by atoms with Crippen LogP contribution in [0.2, 0.25) is 0 Å². The van der Waals surface area contributed by atoms with Gasteiger partial charge in [-0.3, -0.25) is 9.78 Å². The Hall–Kier alpha value is -4.13. The van der Waals surface area contributed by atoms with Crippen LogP contribution in [0, 0.1) is 13.8 Å². The topological polar surface area (TPSA) is 76.3 Å². The average molecular weight is 422 g/mol. The van der Waals surface area contributed by atoms with E-state index in [1.54, 1.807) is 29.0 Å². The lowest BCUT2D eigenvalue weighted by Gasteiger charge is -2.23. The minimum atomic E-state index is -0.0672. The van der Waals surface area contributed by atoms with Gasteiger partial charge in [0.25, 0.3) is 5.91 Å². The number of carbonyl (C=O) groups excluding carboxylic acids is 1. The summed E-state index contributed by atoms with van der Waals surface area (Å²) >= 11 is 0. The highest BCUT2D eigenvalue weighted by molar-refractivity contribution is 5.94. The van der Waals surface area contributed by atoms with Crippen LogP contribution >= 0.6 is 0 Å². The minimum Gasteiger partial charge on any atom is -0.330 e. The highest BCUT2D eigenvalue weighted by atomic mass is 16.2. The first kappa shape index (κ1) is 19.8. The Kier molecular flexibility index (Phi) is 5.07. The SMILES string of the molecule is Cc1cc(C)c2c(c1)cc(CN(Cc1ccccc1)C(=O)c1ccncc1)c1nnnn12. The van der Waals surface area contributed by atoms with E-state index in [1.807, 2.05) is 35.2 Å². The Morgan fingerprint density at radius 1 is 0.969 bits per heavy atom. The second kappa shape index (κ2) is 8.19. The molecule has 0 aliphatic carbocycles. The summed E-state index contributed by atoms with van der Waals surface area (Å²) in [4.78, 5) is 19.3. The molecule has 3 heterocycles. The second-order valence-corrected chi connectivity index (χ2v) is 7.99. The number of amides is 1. The van der Waals surface area contributed by atoms with Gasteiger partial charge in [-0.15, -0.1) is 5.10 Å². The van der Waals surface area contributed by atoms with Crippen molar-refractivity contribution in [1.29, 1.82) is 0 Å². The monoisotopic (exact) mass is 422 g/mol. The van der Waals surface area contributed by atoms with Crippen molar-refractivity contribution in [3.63, 3.8) is 0 Å². The number of hydrogen-bond donors (Lipinski definition) is 0. The van der Waals surface area contributed by atoms with Crippen LogP contribution < -0.4 is 0 Å². The number of nitrogens with zero attached hydrogens (tertiary/aromatic N) is 6. The lowest BCUT2D eigenvalue weighted by molar-refractivity contribution is 0.0730. The third-order valence-corrected chi connectivity index (χ3v) is 5.56. The molecule has 0 saturated heterocycles. The quantitative estimate of drug-likeness (QED) is 0.426. The van der Waals surface area contributed by atoms with E-state index in [1.165, 1.54) is 5.56 Å². The van der Waals surface area contributed by atoms with Crippen molar-refractivity contribution in [3.8, 4) is 0 Å². The Bertz CT molecular complexity index is 1410. The molecule has 7 heteroatoms. The summed E-state index contributed by atoms with van der Waals surface area (Å²) in [6.07, 6.45) is 3.27. The van der Waals surface area contributed by atoms with Gasteiger partial charge < -0.3 is 4.90 Å². The van der Waals surface area contributed by atoms with Crippen molar-refractivity contribution in [2.75, 3.05) is 0 Å². The van der Waals surface area contributed by atoms with Gasteiger partial charge >= 0.3 is 0 Å². The molecule has 1 amide bonds. The van der Waals surface area contributed by atoms with Crippen LogP contribution in [0.3, 0.4) is 0 Å². The fourth-order valence-corrected chi connectivity index (χ4v) is 4.18. The Labute approximate surface area is 185 Å². The number of fused-ring (bicyclic) bond motifs is 3. The molecule has 0 N–H and O–H groups in total. The van der Waals surface area contributed by atoms with E-state index in [0.29, 0.717) is 24.3 Å². The minimum absolute atomic E-state index is 0.0672. The van der Waals surface area contributed by atoms with Crippen LogP contribution in [-0.4, -0.2) is 35.8 Å². The zero-order valence-electron chi connectivity index (χ0n) is 17.9. The van der Waals surface area contributed by atoms with Crippen LogP contribution in [0.15, 0.2) is 73.1 Å².